The molecule has 0 amide bonds. The molecule has 3 unspecified atom stereocenters. The molecule has 6 nitrogen and oxygen atoms in total. The zero-order chi connectivity index (χ0) is 14.4. The lowest BCUT2D eigenvalue weighted by Crippen LogP contribution is -2.22. The third kappa shape index (κ3) is 2.20. The molecule has 2 aliphatic rings. The van der Waals surface area contributed by atoms with E-state index in [1.807, 2.05) is 12.1 Å². The molecule has 0 aliphatic carbocycles. The number of nitrogens with zero attached hydrogens (tertiary/aromatic N) is 3. The van der Waals surface area contributed by atoms with Crippen molar-refractivity contribution in [1.82, 2.24) is 14.5 Å². The first-order valence-corrected chi connectivity index (χ1v) is 8.04. The molecule has 2 fully saturated rings. The van der Waals surface area contributed by atoms with Crippen LogP contribution in [0, 0.1) is 0 Å². The van der Waals surface area contributed by atoms with Gasteiger partial charge >= 0.3 is 5.97 Å². The highest BCUT2D eigenvalue weighted by Gasteiger charge is 2.43. The fraction of sp³-hybridized carbons (Fsp3) is 0.500. The lowest BCUT2D eigenvalue weighted by atomic mass is 9.95. The molecule has 0 radical (unpaired) electrons. The summed E-state index contributed by atoms with van der Waals surface area (Å²) in [5.74, 6) is -0.832. The summed E-state index contributed by atoms with van der Waals surface area (Å²) in [6, 6.07) is 3.99. The maximum absolute atomic E-state index is 10.8. The van der Waals surface area contributed by atoms with E-state index >= 15 is 0 Å². The highest BCUT2D eigenvalue weighted by Crippen LogP contribution is 2.44. The van der Waals surface area contributed by atoms with Crippen LogP contribution in [0.3, 0.4) is 0 Å². The summed E-state index contributed by atoms with van der Waals surface area (Å²) in [5, 5.41) is 9.64. The maximum atomic E-state index is 10.8. The molecule has 0 aromatic carbocycles. The smallest absolute Gasteiger partial charge is 0.313 e. The minimum absolute atomic E-state index is 0.00495. The van der Waals surface area contributed by atoms with E-state index in [1.165, 1.54) is 11.8 Å². The van der Waals surface area contributed by atoms with E-state index < -0.39 is 5.97 Å². The summed E-state index contributed by atoms with van der Waals surface area (Å²) < 4.78 is 8.03. The van der Waals surface area contributed by atoms with Crippen molar-refractivity contribution >= 4 is 28.9 Å². The Bertz CT molecular complexity index is 702. The summed E-state index contributed by atoms with van der Waals surface area (Å²) in [6.45, 7) is 0. The Morgan fingerprint density at radius 1 is 1.52 bits per heavy atom. The molecule has 7 heteroatoms. The normalized spacial score (nSPS) is 27.5. The highest BCUT2D eigenvalue weighted by molar-refractivity contribution is 7.99. The van der Waals surface area contributed by atoms with Gasteiger partial charge in [-0.1, -0.05) is 11.8 Å². The number of carboxylic acids is 1. The van der Waals surface area contributed by atoms with Crippen LogP contribution in [0.5, 0.6) is 0 Å². The molecule has 2 bridgehead atoms. The zero-order valence-electron chi connectivity index (χ0n) is 11.3. The van der Waals surface area contributed by atoms with Crippen LogP contribution in [0.4, 0.5) is 0 Å². The molecule has 2 aromatic heterocycles. The van der Waals surface area contributed by atoms with Crippen molar-refractivity contribution in [2.24, 2.45) is 0 Å². The average molecular weight is 305 g/mol. The summed E-state index contributed by atoms with van der Waals surface area (Å²) >= 11 is 1.25. The van der Waals surface area contributed by atoms with Crippen LogP contribution < -0.4 is 0 Å². The molecule has 110 valence electrons. The summed E-state index contributed by atoms with van der Waals surface area (Å²) in [4.78, 5) is 19.8. The van der Waals surface area contributed by atoms with E-state index in [9.17, 15) is 4.79 Å². The Balaban J connectivity index is 1.77. The third-order valence-corrected chi connectivity index (χ3v) is 5.08. The molecule has 4 rings (SSSR count). The number of rotatable bonds is 4. The standard InChI is InChI=1S/C14H15N3O3S/c18-12(19)7-21-14-16-9-2-1-5-15-13(9)17(14)10-6-8-3-4-11(10)20-8/h1-2,5,8,10-11H,3-4,6-7H2,(H,18,19). The van der Waals surface area contributed by atoms with Crippen LogP contribution in [0.2, 0.25) is 0 Å². The van der Waals surface area contributed by atoms with Crippen molar-refractivity contribution in [3.8, 4) is 0 Å². The Morgan fingerprint density at radius 3 is 3.14 bits per heavy atom. The number of thioether (sulfide) groups is 1. The fourth-order valence-corrected chi connectivity index (χ4v) is 4.10. The Labute approximate surface area is 125 Å². The molecule has 1 N–H and O–H groups in total. The van der Waals surface area contributed by atoms with Gasteiger partial charge in [0.15, 0.2) is 10.8 Å². The second kappa shape index (κ2) is 4.99. The van der Waals surface area contributed by atoms with Crippen molar-refractivity contribution in [1.29, 1.82) is 0 Å². The molecular formula is C14H15N3O3S. The minimum atomic E-state index is -0.837. The highest BCUT2D eigenvalue weighted by atomic mass is 32.2. The van der Waals surface area contributed by atoms with Crippen LogP contribution in [-0.2, 0) is 9.53 Å². The van der Waals surface area contributed by atoms with Gasteiger partial charge in [0.2, 0.25) is 0 Å². The van der Waals surface area contributed by atoms with E-state index in [4.69, 9.17) is 9.84 Å². The van der Waals surface area contributed by atoms with E-state index in [-0.39, 0.29) is 17.9 Å². The van der Waals surface area contributed by atoms with Crippen LogP contribution in [0.1, 0.15) is 25.3 Å². The molecule has 2 aliphatic heterocycles. The van der Waals surface area contributed by atoms with Gasteiger partial charge in [-0.05, 0) is 31.4 Å². The van der Waals surface area contributed by atoms with E-state index in [1.54, 1.807) is 6.20 Å². The van der Waals surface area contributed by atoms with E-state index in [0.717, 1.165) is 35.6 Å². The second-order valence-corrected chi connectivity index (χ2v) is 6.41. The number of fused-ring (bicyclic) bond motifs is 3. The lowest BCUT2D eigenvalue weighted by molar-refractivity contribution is -0.133. The second-order valence-electron chi connectivity index (χ2n) is 5.47. The number of aromatic nitrogens is 3. The summed E-state index contributed by atoms with van der Waals surface area (Å²) in [5.41, 5.74) is 1.64. The number of imidazole rings is 1. The number of aliphatic carboxylic acids is 1. The number of hydrogen-bond acceptors (Lipinski definition) is 5. The molecule has 2 saturated heterocycles. The monoisotopic (exact) mass is 305 g/mol. The molecule has 3 atom stereocenters. The van der Waals surface area contributed by atoms with Crippen LogP contribution in [0.15, 0.2) is 23.5 Å². The first-order valence-electron chi connectivity index (χ1n) is 7.05. The van der Waals surface area contributed by atoms with Gasteiger partial charge in [-0.2, -0.15) is 0 Å². The molecule has 2 aromatic rings. The van der Waals surface area contributed by atoms with Gasteiger partial charge in [-0.3, -0.25) is 9.36 Å². The van der Waals surface area contributed by atoms with Gasteiger partial charge < -0.3 is 9.84 Å². The van der Waals surface area contributed by atoms with Gasteiger partial charge in [0, 0.05) is 6.20 Å². The fourth-order valence-electron chi connectivity index (χ4n) is 3.32. The Hall–Kier alpha value is -1.60. The third-order valence-electron chi connectivity index (χ3n) is 4.15. The number of carboxylic acid groups (broad SMARTS) is 1. The number of pyridine rings is 1. The summed E-state index contributed by atoms with van der Waals surface area (Å²) in [6.07, 6.45) is 5.44. The van der Waals surface area contributed by atoms with Crippen molar-refractivity contribution in [3.05, 3.63) is 18.3 Å². The van der Waals surface area contributed by atoms with Crippen LogP contribution >= 0.6 is 11.8 Å². The van der Waals surface area contributed by atoms with Crippen molar-refractivity contribution < 1.29 is 14.6 Å². The van der Waals surface area contributed by atoms with Gasteiger partial charge in [0.25, 0.3) is 0 Å². The largest absolute Gasteiger partial charge is 0.481 e. The molecule has 0 spiro atoms. The van der Waals surface area contributed by atoms with Crippen molar-refractivity contribution in [2.75, 3.05) is 5.75 Å². The quantitative estimate of drug-likeness (QED) is 0.872. The number of hydrogen-bond donors (Lipinski definition) is 1. The Morgan fingerprint density at radius 2 is 2.43 bits per heavy atom. The topological polar surface area (TPSA) is 77.2 Å². The predicted molar refractivity (Wildman–Crippen MR) is 77.4 cm³/mol. The van der Waals surface area contributed by atoms with Crippen molar-refractivity contribution in [3.63, 3.8) is 0 Å². The lowest BCUT2D eigenvalue weighted by Gasteiger charge is -2.22. The maximum Gasteiger partial charge on any atom is 0.313 e. The van der Waals surface area contributed by atoms with Crippen molar-refractivity contribution in [2.45, 2.75) is 42.7 Å². The first kappa shape index (κ1) is 13.1. The first-order chi connectivity index (χ1) is 10.2. The number of carbonyl (C=O) groups is 1. The zero-order valence-corrected chi connectivity index (χ0v) is 12.1. The minimum Gasteiger partial charge on any atom is -0.481 e. The molecule has 0 saturated carbocycles. The average Bonchev–Trinajstić information content (AvgIpc) is 3.17. The van der Waals surface area contributed by atoms with E-state index in [0.29, 0.717) is 6.10 Å². The van der Waals surface area contributed by atoms with Crippen LogP contribution in [-0.4, -0.2) is 43.6 Å². The predicted octanol–water partition coefficient (Wildman–Crippen LogP) is 2.10. The Kier molecular flexibility index (Phi) is 3.11. The molecule has 21 heavy (non-hydrogen) atoms. The molecule has 4 heterocycles. The summed E-state index contributed by atoms with van der Waals surface area (Å²) in [7, 11) is 0. The molecular weight excluding hydrogens is 290 g/mol. The van der Waals surface area contributed by atoms with Gasteiger partial charge in [0.05, 0.1) is 24.0 Å². The number of ether oxygens (including phenoxy) is 1. The van der Waals surface area contributed by atoms with Gasteiger partial charge in [0.1, 0.15) is 5.52 Å². The van der Waals surface area contributed by atoms with Gasteiger partial charge in [-0.15, -0.1) is 0 Å². The SMILES string of the molecule is O=C(O)CSc1nc2cccnc2n1C1CC2CCC1O2. The van der Waals surface area contributed by atoms with Crippen LogP contribution in [0.25, 0.3) is 11.2 Å². The van der Waals surface area contributed by atoms with E-state index in [2.05, 4.69) is 14.5 Å². The van der Waals surface area contributed by atoms with Gasteiger partial charge in [-0.25, -0.2) is 9.97 Å².